The highest BCUT2D eigenvalue weighted by atomic mass is 35.5. The minimum Gasteiger partial charge on any atom is -0.294 e. The summed E-state index contributed by atoms with van der Waals surface area (Å²) in [5.41, 5.74) is 1.40. The lowest BCUT2D eigenvalue weighted by atomic mass is 10.1. The molecule has 0 aliphatic heterocycles. The van der Waals surface area contributed by atoms with Crippen LogP contribution in [-0.4, -0.2) is 10.8 Å². The summed E-state index contributed by atoms with van der Waals surface area (Å²) in [5, 5.41) is 1.44. The van der Waals surface area contributed by atoms with Gasteiger partial charge in [-0.15, -0.1) is 0 Å². The van der Waals surface area contributed by atoms with Gasteiger partial charge in [0.2, 0.25) is 0 Å². The predicted octanol–water partition coefficient (Wildman–Crippen LogP) is 3.09. The van der Waals surface area contributed by atoms with E-state index in [0.29, 0.717) is 10.6 Å². The van der Waals surface area contributed by atoms with E-state index in [2.05, 4.69) is 4.98 Å². The third kappa shape index (κ3) is 1.49. The molecule has 0 saturated carbocycles. The lowest BCUT2D eigenvalue weighted by Gasteiger charge is -2.00. The van der Waals surface area contributed by atoms with Crippen LogP contribution in [0.3, 0.4) is 0 Å². The van der Waals surface area contributed by atoms with Gasteiger partial charge in [-0.3, -0.25) is 9.78 Å². The summed E-state index contributed by atoms with van der Waals surface area (Å²) in [5.74, 6) is -0.000630. The highest BCUT2D eigenvalue weighted by Crippen LogP contribution is 2.22. The average molecular weight is 206 g/mol. The summed E-state index contributed by atoms with van der Waals surface area (Å²) in [7, 11) is 0. The van der Waals surface area contributed by atoms with Crippen molar-refractivity contribution in [2.24, 2.45) is 0 Å². The van der Waals surface area contributed by atoms with Crippen molar-refractivity contribution in [1.29, 1.82) is 0 Å². The number of benzene rings is 1. The summed E-state index contributed by atoms with van der Waals surface area (Å²) in [6.45, 7) is 1.51. The average Bonchev–Trinajstić information content (AvgIpc) is 2.18. The van der Waals surface area contributed by atoms with E-state index in [0.717, 1.165) is 10.9 Å². The van der Waals surface area contributed by atoms with Crippen LogP contribution in [0.4, 0.5) is 0 Å². The topological polar surface area (TPSA) is 30.0 Å². The largest absolute Gasteiger partial charge is 0.294 e. The fraction of sp³-hybridized carbons (Fsp3) is 0.0909. The molecule has 0 aliphatic carbocycles. The molecule has 1 aromatic carbocycles. The zero-order valence-electron chi connectivity index (χ0n) is 7.62. The molecular weight excluding hydrogens is 198 g/mol. The summed E-state index contributed by atoms with van der Waals surface area (Å²) in [4.78, 5) is 15.3. The fourth-order valence-corrected chi connectivity index (χ4v) is 1.53. The van der Waals surface area contributed by atoms with Crippen molar-refractivity contribution in [1.82, 2.24) is 4.98 Å². The predicted molar refractivity (Wildman–Crippen MR) is 56.8 cm³/mol. The summed E-state index contributed by atoms with van der Waals surface area (Å²) in [6, 6.07) is 7.26. The Morgan fingerprint density at radius 2 is 2.21 bits per heavy atom. The van der Waals surface area contributed by atoms with E-state index >= 15 is 0 Å². The summed E-state index contributed by atoms with van der Waals surface area (Å²) < 4.78 is 0. The molecule has 0 atom stereocenters. The van der Waals surface area contributed by atoms with Gasteiger partial charge in [-0.25, -0.2) is 0 Å². The van der Waals surface area contributed by atoms with Crippen LogP contribution in [0.25, 0.3) is 10.9 Å². The minimum absolute atomic E-state index is 0.000630. The highest BCUT2D eigenvalue weighted by Gasteiger charge is 2.04. The second kappa shape index (κ2) is 3.39. The Kier molecular flexibility index (Phi) is 2.22. The standard InChI is InChI=1S/C11H8ClNO/c1-7(14)8-5-9-10(12)3-2-4-11(9)13-6-8/h2-6H,1H3. The van der Waals surface area contributed by atoms with Crippen molar-refractivity contribution in [2.45, 2.75) is 6.92 Å². The van der Waals surface area contributed by atoms with Crippen LogP contribution in [0.5, 0.6) is 0 Å². The normalized spacial score (nSPS) is 10.4. The number of rotatable bonds is 1. The molecule has 2 rings (SSSR count). The smallest absolute Gasteiger partial charge is 0.161 e. The molecule has 0 fully saturated rings. The molecular formula is C11H8ClNO. The lowest BCUT2D eigenvalue weighted by molar-refractivity contribution is 0.101. The van der Waals surface area contributed by atoms with Crippen LogP contribution in [0.15, 0.2) is 30.5 Å². The highest BCUT2D eigenvalue weighted by molar-refractivity contribution is 6.35. The Hall–Kier alpha value is -1.41. The van der Waals surface area contributed by atoms with E-state index in [1.54, 1.807) is 18.3 Å². The third-order valence-corrected chi connectivity index (χ3v) is 2.41. The van der Waals surface area contributed by atoms with E-state index in [1.165, 1.54) is 6.92 Å². The molecule has 0 saturated heterocycles. The van der Waals surface area contributed by atoms with Crippen LogP contribution in [0, 0.1) is 0 Å². The number of hydrogen-bond donors (Lipinski definition) is 0. The van der Waals surface area contributed by atoms with E-state index < -0.39 is 0 Å². The maximum atomic E-state index is 11.1. The Bertz CT molecular complexity index is 508. The van der Waals surface area contributed by atoms with Gasteiger partial charge in [-0.2, -0.15) is 0 Å². The van der Waals surface area contributed by atoms with Gasteiger partial charge >= 0.3 is 0 Å². The Morgan fingerprint density at radius 3 is 2.93 bits per heavy atom. The second-order valence-corrected chi connectivity index (χ2v) is 3.49. The molecule has 1 heterocycles. The first-order valence-corrected chi connectivity index (χ1v) is 4.61. The first-order valence-electron chi connectivity index (χ1n) is 4.23. The number of halogens is 1. The number of aromatic nitrogens is 1. The summed E-state index contributed by atoms with van der Waals surface area (Å²) in [6.07, 6.45) is 1.57. The zero-order chi connectivity index (χ0) is 10.1. The van der Waals surface area contributed by atoms with Crippen LogP contribution in [-0.2, 0) is 0 Å². The lowest BCUT2D eigenvalue weighted by Crippen LogP contribution is -1.93. The van der Waals surface area contributed by atoms with E-state index in [4.69, 9.17) is 11.6 Å². The molecule has 1 aromatic heterocycles. The first-order chi connectivity index (χ1) is 6.68. The number of pyridine rings is 1. The second-order valence-electron chi connectivity index (χ2n) is 3.09. The number of fused-ring (bicyclic) bond motifs is 1. The molecule has 3 heteroatoms. The van der Waals surface area contributed by atoms with Crippen molar-refractivity contribution in [3.8, 4) is 0 Å². The van der Waals surface area contributed by atoms with Gasteiger partial charge in [-0.1, -0.05) is 17.7 Å². The molecule has 0 unspecified atom stereocenters. The third-order valence-electron chi connectivity index (χ3n) is 2.08. The number of carbonyl (C=O) groups excluding carboxylic acids is 1. The van der Waals surface area contributed by atoms with Gasteiger partial charge in [0, 0.05) is 22.2 Å². The van der Waals surface area contributed by atoms with Crippen molar-refractivity contribution in [3.63, 3.8) is 0 Å². The van der Waals surface area contributed by atoms with Gasteiger partial charge in [0.15, 0.2) is 5.78 Å². The quantitative estimate of drug-likeness (QED) is 0.670. The minimum atomic E-state index is -0.000630. The fourth-order valence-electron chi connectivity index (χ4n) is 1.31. The van der Waals surface area contributed by atoms with Crippen molar-refractivity contribution < 1.29 is 4.79 Å². The molecule has 0 bridgehead atoms. The molecule has 2 aromatic rings. The summed E-state index contributed by atoms with van der Waals surface area (Å²) >= 11 is 5.98. The molecule has 0 aliphatic rings. The van der Waals surface area contributed by atoms with Gasteiger partial charge in [-0.05, 0) is 25.1 Å². The molecule has 0 radical (unpaired) electrons. The maximum absolute atomic E-state index is 11.1. The van der Waals surface area contributed by atoms with Crippen LogP contribution in [0.1, 0.15) is 17.3 Å². The Morgan fingerprint density at radius 1 is 1.43 bits per heavy atom. The SMILES string of the molecule is CC(=O)c1cnc2cccc(Cl)c2c1. The monoisotopic (exact) mass is 205 g/mol. The van der Waals surface area contributed by atoms with E-state index in [-0.39, 0.29) is 5.78 Å². The van der Waals surface area contributed by atoms with E-state index in [9.17, 15) is 4.79 Å². The van der Waals surface area contributed by atoms with Gasteiger partial charge in [0.05, 0.1) is 5.52 Å². The first kappa shape index (κ1) is 9.16. The van der Waals surface area contributed by atoms with Crippen molar-refractivity contribution >= 4 is 28.3 Å². The molecule has 0 amide bonds. The maximum Gasteiger partial charge on any atom is 0.161 e. The Balaban J connectivity index is 2.76. The number of carbonyl (C=O) groups is 1. The number of ketones is 1. The number of nitrogens with zero attached hydrogens (tertiary/aromatic N) is 1. The molecule has 2 nitrogen and oxygen atoms in total. The van der Waals surface area contributed by atoms with Crippen LogP contribution in [0.2, 0.25) is 5.02 Å². The number of Topliss-reactive ketones (excluding diaryl/α,β-unsaturated/α-hetero) is 1. The van der Waals surface area contributed by atoms with Gasteiger partial charge in [0.25, 0.3) is 0 Å². The molecule has 0 N–H and O–H groups in total. The molecule has 14 heavy (non-hydrogen) atoms. The van der Waals surface area contributed by atoms with Crippen molar-refractivity contribution in [2.75, 3.05) is 0 Å². The Labute approximate surface area is 86.5 Å². The molecule has 0 spiro atoms. The number of hydrogen-bond acceptors (Lipinski definition) is 2. The van der Waals surface area contributed by atoms with Crippen LogP contribution >= 0.6 is 11.6 Å². The van der Waals surface area contributed by atoms with Gasteiger partial charge < -0.3 is 0 Å². The van der Waals surface area contributed by atoms with E-state index in [1.807, 2.05) is 12.1 Å². The van der Waals surface area contributed by atoms with Crippen molar-refractivity contribution in [3.05, 3.63) is 41.0 Å². The van der Waals surface area contributed by atoms with Crippen LogP contribution < -0.4 is 0 Å². The van der Waals surface area contributed by atoms with Gasteiger partial charge in [0.1, 0.15) is 0 Å². The zero-order valence-corrected chi connectivity index (χ0v) is 8.38. The molecule has 70 valence electrons.